The summed E-state index contributed by atoms with van der Waals surface area (Å²) in [6, 6.07) is 6.19. The second-order valence-electron chi connectivity index (χ2n) is 4.92. The standard InChI is InChI=1S/C14H18BrClN4/c1-8-4-5-10(11(15)6-8)12(18-17)7-13-14(16)9(2)19-20(13)3/h4-6,12,18H,7,17H2,1-3H3. The van der Waals surface area contributed by atoms with Crippen LogP contribution in [0.1, 0.15) is 28.6 Å². The third kappa shape index (κ3) is 3.06. The maximum absolute atomic E-state index is 6.30. The van der Waals surface area contributed by atoms with Crippen molar-refractivity contribution in [3.63, 3.8) is 0 Å². The van der Waals surface area contributed by atoms with E-state index >= 15 is 0 Å². The van der Waals surface area contributed by atoms with Gasteiger partial charge in [0.15, 0.2) is 0 Å². The van der Waals surface area contributed by atoms with Crippen molar-refractivity contribution in [2.45, 2.75) is 26.3 Å². The first-order chi connectivity index (χ1) is 9.43. The molecule has 0 aliphatic carbocycles. The van der Waals surface area contributed by atoms with E-state index in [4.69, 9.17) is 17.4 Å². The number of halogens is 2. The Morgan fingerprint density at radius 2 is 2.15 bits per heavy atom. The summed E-state index contributed by atoms with van der Waals surface area (Å²) in [6.07, 6.45) is 0.675. The van der Waals surface area contributed by atoms with Gasteiger partial charge in [-0.3, -0.25) is 16.0 Å². The predicted molar refractivity (Wildman–Crippen MR) is 85.6 cm³/mol. The molecule has 1 unspecified atom stereocenters. The first-order valence-electron chi connectivity index (χ1n) is 6.34. The van der Waals surface area contributed by atoms with Gasteiger partial charge < -0.3 is 0 Å². The van der Waals surface area contributed by atoms with E-state index in [9.17, 15) is 0 Å². The lowest BCUT2D eigenvalue weighted by Crippen LogP contribution is -2.30. The molecule has 4 nitrogen and oxygen atoms in total. The number of hydrogen-bond donors (Lipinski definition) is 2. The summed E-state index contributed by atoms with van der Waals surface area (Å²) >= 11 is 9.90. The number of hydrogen-bond acceptors (Lipinski definition) is 3. The number of nitrogens with zero attached hydrogens (tertiary/aromatic N) is 2. The van der Waals surface area contributed by atoms with Gasteiger partial charge in [-0.25, -0.2) is 0 Å². The number of nitrogens with two attached hydrogens (primary N) is 1. The Morgan fingerprint density at radius 3 is 2.65 bits per heavy atom. The van der Waals surface area contributed by atoms with E-state index in [1.54, 1.807) is 0 Å². The van der Waals surface area contributed by atoms with Crippen LogP contribution in [0.3, 0.4) is 0 Å². The highest BCUT2D eigenvalue weighted by atomic mass is 79.9. The second-order valence-corrected chi connectivity index (χ2v) is 6.15. The largest absolute Gasteiger partial charge is 0.271 e. The highest BCUT2D eigenvalue weighted by Crippen LogP contribution is 2.29. The van der Waals surface area contributed by atoms with Crippen LogP contribution in [-0.2, 0) is 13.5 Å². The van der Waals surface area contributed by atoms with Crippen LogP contribution < -0.4 is 11.3 Å². The number of aromatic nitrogens is 2. The van der Waals surface area contributed by atoms with Crippen LogP contribution in [0.25, 0.3) is 0 Å². The van der Waals surface area contributed by atoms with Crippen molar-refractivity contribution in [3.05, 3.63) is 50.2 Å². The van der Waals surface area contributed by atoms with Crippen LogP contribution in [-0.4, -0.2) is 9.78 Å². The molecule has 6 heteroatoms. The summed E-state index contributed by atoms with van der Waals surface area (Å²) in [7, 11) is 1.89. The van der Waals surface area contributed by atoms with E-state index < -0.39 is 0 Å². The average Bonchev–Trinajstić information content (AvgIpc) is 2.62. The molecular formula is C14H18BrClN4. The number of benzene rings is 1. The molecule has 1 atom stereocenters. The molecule has 0 saturated carbocycles. The molecule has 1 aromatic heterocycles. The van der Waals surface area contributed by atoms with Gasteiger partial charge in [-0.1, -0.05) is 39.7 Å². The van der Waals surface area contributed by atoms with Crippen LogP contribution in [0.15, 0.2) is 22.7 Å². The summed E-state index contributed by atoms with van der Waals surface area (Å²) in [5.41, 5.74) is 6.97. The summed E-state index contributed by atoms with van der Waals surface area (Å²) < 4.78 is 2.85. The Labute approximate surface area is 132 Å². The van der Waals surface area contributed by atoms with E-state index in [1.165, 1.54) is 5.56 Å². The monoisotopic (exact) mass is 356 g/mol. The van der Waals surface area contributed by atoms with Gasteiger partial charge in [-0.15, -0.1) is 0 Å². The second kappa shape index (κ2) is 6.26. The summed E-state index contributed by atoms with van der Waals surface area (Å²) in [5, 5.41) is 5.04. The minimum Gasteiger partial charge on any atom is -0.271 e. The van der Waals surface area contributed by atoms with Gasteiger partial charge in [0.05, 0.1) is 22.5 Å². The molecule has 2 rings (SSSR count). The fourth-order valence-corrected chi connectivity index (χ4v) is 3.28. The minimum atomic E-state index is -0.0303. The number of aryl methyl sites for hydroxylation is 3. The molecule has 0 bridgehead atoms. The topological polar surface area (TPSA) is 55.9 Å². The number of rotatable bonds is 4. The van der Waals surface area contributed by atoms with Crippen LogP contribution in [0.5, 0.6) is 0 Å². The lowest BCUT2D eigenvalue weighted by Gasteiger charge is -2.18. The molecule has 0 spiro atoms. The van der Waals surface area contributed by atoms with E-state index in [0.717, 1.165) is 21.4 Å². The lowest BCUT2D eigenvalue weighted by molar-refractivity contribution is 0.528. The average molecular weight is 358 g/mol. The molecule has 1 aromatic carbocycles. The zero-order valence-electron chi connectivity index (χ0n) is 11.7. The molecule has 3 N–H and O–H groups in total. The van der Waals surface area contributed by atoms with Crippen molar-refractivity contribution in [1.82, 2.24) is 15.2 Å². The Morgan fingerprint density at radius 1 is 1.45 bits per heavy atom. The minimum absolute atomic E-state index is 0.0303. The first kappa shape index (κ1) is 15.5. The summed E-state index contributed by atoms with van der Waals surface area (Å²) in [5.74, 6) is 5.72. The van der Waals surface area contributed by atoms with E-state index in [1.807, 2.05) is 18.7 Å². The van der Waals surface area contributed by atoms with Crippen molar-refractivity contribution >= 4 is 27.5 Å². The quantitative estimate of drug-likeness (QED) is 0.652. The van der Waals surface area contributed by atoms with Crippen LogP contribution in [0.2, 0.25) is 5.02 Å². The SMILES string of the molecule is Cc1ccc(C(Cc2c(Cl)c(C)nn2C)NN)c(Br)c1. The fourth-order valence-electron chi connectivity index (χ4n) is 2.27. The third-order valence-corrected chi connectivity index (χ3v) is 4.57. The molecule has 0 aliphatic rings. The maximum Gasteiger partial charge on any atom is 0.0847 e. The van der Waals surface area contributed by atoms with E-state index in [0.29, 0.717) is 11.4 Å². The normalized spacial score (nSPS) is 12.7. The lowest BCUT2D eigenvalue weighted by atomic mass is 10.0. The maximum atomic E-state index is 6.30. The zero-order chi connectivity index (χ0) is 14.9. The first-order valence-corrected chi connectivity index (χ1v) is 7.51. The van der Waals surface area contributed by atoms with Gasteiger partial charge in [0.2, 0.25) is 0 Å². The number of nitrogens with one attached hydrogen (secondary N) is 1. The van der Waals surface area contributed by atoms with E-state index in [-0.39, 0.29) is 6.04 Å². The molecule has 20 heavy (non-hydrogen) atoms. The van der Waals surface area contributed by atoms with Gasteiger partial charge in [0, 0.05) is 17.9 Å². The number of hydrazine groups is 1. The van der Waals surface area contributed by atoms with Crippen molar-refractivity contribution in [1.29, 1.82) is 0 Å². The van der Waals surface area contributed by atoms with Gasteiger partial charge in [-0.05, 0) is 31.0 Å². The molecule has 0 fully saturated rings. The van der Waals surface area contributed by atoms with Crippen LogP contribution >= 0.6 is 27.5 Å². The predicted octanol–water partition coefficient (Wildman–Crippen LogP) is 3.20. The van der Waals surface area contributed by atoms with Gasteiger partial charge >= 0.3 is 0 Å². The molecule has 1 heterocycles. The van der Waals surface area contributed by atoms with Crippen LogP contribution in [0, 0.1) is 13.8 Å². The van der Waals surface area contributed by atoms with Crippen molar-refractivity contribution in [2.75, 3.05) is 0 Å². The Balaban J connectivity index is 2.33. The molecule has 0 aliphatic heterocycles. The molecule has 2 aromatic rings. The van der Waals surface area contributed by atoms with Gasteiger partial charge in [0.1, 0.15) is 0 Å². The Kier molecular flexibility index (Phi) is 4.86. The van der Waals surface area contributed by atoms with Crippen molar-refractivity contribution < 1.29 is 0 Å². The van der Waals surface area contributed by atoms with Crippen LogP contribution in [0.4, 0.5) is 0 Å². The van der Waals surface area contributed by atoms with Crippen molar-refractivity contribution in [2.24, 2.45) is 12.9 Å². The van der Waals surface area contributed by atoms with Gasteiger partial charge in [-0.2, -0.15) is 5.10 Å². The molecule has 0 saturated heterocycles. The summed E-state index contributed by atoms with van der Waals surface area (Å²) in [6.45, 7) is 3.96. The third-order valence-electron chi connectivity index (χ3n) is 3.39. The van der Waals surface area contributed by atoms with Gasteiger partial charge in [0.25, 0.3) is 0 Å². The smallest absolute Gasteiger partial charge is 0.0847 e. The fraction of sp³-hybridized carbons (Fsp3) is 0.357. The summed E-state index contributed by atoms with van der Waals surface area (Å²) in [4.78, 5) is 0. The molecule has 0 amide bonds. The Bertz CT molecular complexity index is 624. The highest BCUT2D eigenvalue weighted by Gasteiger charge is 2.19. The highest BCUT2D eigenvalue weighted by molar-refractivity contribution is 9.10. The molecule has 0 radical (unpaired) electrons. The van der Waals surface area contributed by atoms with Crippen molar-refractivity contribution in [3.8, 4) is 0 Å². The van der Waals surface area contributed by atoms with E-state index in [2.05, 4.69) is 51.6 Å². The zero-order valence-corrected chi connectivity index (χ0v) is 14.1. The Hall–Kier alpha value is -0.880. The molecular weight excluding hydrogens is 340 g/mol. The molecule has 108 valence electrons.